The largest absolute Gasteiger partial charge is 0.438 e. The molecule has 30 heavy (non-hydrogen) atoms. The van der Waals surface area contributed by atoms with Gasteiger partial charge in [0.15, 0.2) is 0 Å². The molecule has 0 aliphatic carbocycles. The molecule has 2 aromatic carbocycles. The maximum Gasteiger partial charge on any atom is 0.438 e. The summed E-state index contributed by atoms with van der Waals surface area (Å²) in [4.78, 5) is 29.3. The zero-order valence-corrected chi connectivity index (χ0v) is 17.2. The number of alkyl halides is 3. The number of aryl methyl sites for hydroxylation is 2. The third kappa shape index (κ3) is 4.18. The minimum absolute atomic E-state index is 0.00256. The van der Waals surface area contributed by atoms with Crippen LogP contribution >= 0.6 is 11.6 Å². The number of rotatable bonds is 4. The van der Waals surface area contributed by atoms with Crippen LogP contribution in [0.2, 0.25) is 5.02 Å². The molecule has 1 aromatic heterocycles. The summed E-state index contributed by atoms with van der Waals surface area (Å²) < 4.78 is 41.4. The van der Waals surface area contributed by atoms with Crippen molar-refractivity contribution >= 4 is 34.2 Å². The van der Waals surface area contributed by atoms with Gasteiger partial charge in [0.25, 0.3) is 5.56 Å². The quantitative estimate of drug-likeness (QED) is 0.604. The van der Waals surface area contributed by atoms with Crippen LogP contribution in [0.15, 0.2) is 41.2 Å². The van der Waals surface area contributed by atoms with Crippen LogP contribution in [0.25, 0.3) is 11.0 Å². The second-order valence-corrected chi connectivity index (χ2v) is 7.42. The van der Waals surface area contributed by atoms with E-state index in [-0.39, 0.29) is 17.5 Å². The lowest BCUT2D eigenvalue weighted by atomic mass is 10.1. The van der Waals surface area contributed by atoms with E-state index >= 15 is 0 Å². The first-order chi connectivity index (χ1) is 14.0. The van der Waals surface area contributed by atoms with Gasteiger partial charge in [-0.3, -0.25) is 14.2 Å². The number of anilines is 1. The van der Waals surface area contributed by atoms with E-state index < -0.39 is 29.4 Å². The van der Waals surface area contributed by atoms with Gasteiger partial charge in [0.05, 0.1) is 11.0 Å². The highest BCUT2D eigenvalue weighted by Gasteiger charge is 2.38. The van der Waals surface area contributed by atoms with Crippen molar-refractivity contribution in [2.75, 3.05) is 5.32 Å². The van der Waals surface area contributed by atoms with Crippen molar-refractivity contribution in [3.63, 3.8) is 0 Å². The molecule has 0 saturated heterocycles. The molecule has 3 aromatic rings. The van der Waals surface area contributed by atoms with E-state index in [0.29, 0.717) is 10.7 Å². The number of benzene rings is 2. The van der Waals surface area contributed by atoms with Crippen LogP contribution in [0.3, 0.4) is 0 Å². The van der Waals surface area contributed by atoms with Gasteiger partial charge in [-0.05, 0) is 67.8 Å². The van der Waals surface area contributed by atoms with E-state index in [1.807, 2.05) is 0 Å². The summed E-state index contributed by atoms with van der Waals surface area (Å²) >= 11 is 5.84. The van der Waals surface area contributed by atoms with Crippen molar-refractivity contribution in [1.29, 1.82) is 0 Å². The summed E-state index contributed by atoms with van der Waals surface area (Å²) in [6, 6.07) is 8.17. The Bertz CT molecular complexity index is 1170. The predicted molar refractivity (Wildman–Crippen MR) is 110 cm³/mol. The topological polar surface area (TPSA) is 64.0 Å². The highest BCUT2D eigenvalue weighted by Crippen LogP contribution is 2.29. The zero-order valence-electron chi connectivity index (χ0n) is 16.5. The van der Waals surface area contributed by atoms with Crippen molar-refractivity contribution in [1.82, 2.24) is 9.55 Å². The first-order valence-electron chi connectivity index (χ1n) is 9.20. The molecule has 0 bridgehead atoms. The monoisotopic (exact) mass is 437 g/mol. The van der Waals surface area contributed by atoms with Gasteiger partial charge in [-0.25, -0.2) is 4.98 Å². The summed E-state index contributed by atoms with van der Waals surface area (Å²) in [5, 5.41) is 3.11. The molecular weight excluding hydrogens is 419 g/mol. The average molecular weight is 438 g/mol. The van der Waals surface area contributed by atoms with Crippen molar-refractivity contribution in [2.45, 2.75) is 39.4 Å². The Morgan fingerprint density at radius 2 is 1.77 bits per heavy atom. The summed E-state index contributed by atoms with van der Waals surface area (Å²) in [5.74, 6) is -0.610. The van der Waals surface area contributed by atoms with Crippen LogP contribution < -0.4 is 10.9 Å². The van der Waals surface area contributed by atoms with Gasteiger partial charge in [-0.1, -0.05) is 18.5 Å². The number of hydrogen-bond donors (Lipinski definition) is 1. The lowest BCUT2D eigenvalue weighted by Gasteiger charge is -2.22. The van der Waals surface area contributed by atoms with Crippen LogP contribution in [0.1, 0.15) is 36.2 Å². The summed E-state index contributed by atoms with van der Waals surface area (Å²) in [7, 11) is 0. The zero-order chi connectivity index (χ0) is 22.2. The van der Waals surface area contributed by atoms with E-state index in [2.05, 4.69) is 10.3 Å². The highest BCUT2D eigenvalue weighted by atomic mass is 35.5. The van der Waals surface area contributed by atoms with Gasteiger partial charge in [-0.2, -0.15) is 13.2 Å². The fourth-order valence-electron chi connectivity index (χ4n) is 3.20. The molecule has 9 heteroatoms. The molecule has 158 valence electrons. The minimum atomic E-state index is -4.95. The van der Waals surface area contributed by atoms with E-state index in [1.165, 1.54) is 6.07 Å². The number of amides is 1. The van der Waals surface area contributed by atoms with Gasteiger partial charge in [-0.15, -0.1) is 0 Å². The number of carbonyl (C=O) groups excluding carboxylic acids is 1. The molecule has 1 atom stereocenters. The molecule has 0 spiro atoms. The van der Waals surface area contributed by atoms with Crippen molar-refractivity contribution in [2.24, 2.45) is 0 Å². The molecule has 1 N–H and O–H groups in total. The first kappa shape index (κ1) is 21.8. The van der Waals surface area contributed by atoms with E-state index in [0.717, 1.165) is 15.7 Å². The van der Waals surface area contributed by atoms with Crippen LogP contribution in [0.5, 0.6) is 0 Å². The number of carbonyl (C=O) groups is 1. The molecule has 1 amide bonds. The number of nitrogens with zero attached hydrogens (tertiary/aromatic N) is 2. The third-order valence-electron chi connectivity index (χ3n) is 4.89. The van der Waals surface area contributed by atoms with Gasteiger partial charge in [0, 0.05) is 10.7 Å². The van der Waals surface area contributed by atoms with Crippen molar-refractivity contribution < 1.29 is 18.0 Å². The number of aromatic nitrogens is 2. The maximum atomic E-state index is 13.5. The molecular formula is C21H19ClF3N3O2. The number of nitrogens with one attached hydrogen (secondary N) is 1. The molecule has 1 heterocycles. The Hall–Kier alpha value is -2.87. The van der Waals surface area contributed by atoms with E-state index in [9.17, 15) is 22.8 Å². The fraction of sp³-hybridized carbons (Fsp3) is 0.286. The smallest absolute Gasteiger partial charge is 0.324 e. The molecule has 0 unspecified atom stereocenters. The standard InChI is InChI=1S/C21H19ClF3N3O2/c1-4-16(19(29)26-14-7-5-13(22)6-8-14)28-17-10-12(3)11(2)9-15(17)27-18(20(28)30)21(23,24)25/h5-10,16H,4H2,1-3H3,(H,26,29)/t16-/m1/s1. The SMILES string of the molecule is CC[C@H](C(=O)Nc1ccc(Cl)cc1)n1c(=O)c(C(F)(F)F)nc2cc(C)c(C)cc21. The van der Waals surface area contributed by atoms with Gasteiger partial charge >= 0.3 is 6.18 Å². The van der Waals surface area contributed by atoms with Gasteiger partial charge < -0.3 is 5.32 Å². The third-order valence-corrected chi connectivity index (χ3v) is 5.14. The molecule has 0 saturated carbocycles. The first-order valence-corrected chi connectivity index (χ1v) is 9.57. The second kappa shape index (κ2) is 8.10. The number of fused-ring (bicyclic) bond motifs is 1. The highest BCUT2D eigenvalue weighted by molar-refractivity contribution is 6.30. The molecule has 0 radical (unpaired) electrons. The van der Waals surface area contributed by atoms with Crippen LogP contribution in [-0.2, 0) is 11.0 Å². The summed E-state index contributed by atoms with van der Waals surface area (Å²) in [5.41, 5.74) is -0.807. The Kier molecular flexibility index (Phi) is 5.90. The van der Waals surface area contributed by atoms with Crippen LogP contribution in [0.4, 0.5) is 18.9 Å². The van der Waals surface area contributed by atoms with Gasteiger partial charge in [0.1, 0.15) is 6.04 Å². The Labute approximate surface area is 175 Å². The lowest BCUT2D eigenvalue weighted by molar-refractivity contribution is -0.142. The normalized spacial score (nSPS) is 12.8. The molecule has 3 rings (SSSR count). The van der Waals surface area contributed by atoms with Gasteiger partial charge in [0.2, 0.25) is 11.6 Å². The maximum absolute atomic E-state index is 13.5. The average Bonchev–Trinajstić information content (AvgIpc) is 2.66. The van der Waals surface area contributed by atoms with E-state index in [1.54, 1.807) is 51.1 Å². The molecule has 0 fully saturated rings. The summed E-state index contributed by atoms with van der Waals surface area (Å²) in [6.07, 6.45) is -4.85. The molecule has 5 nitrogen and oxygen atoms in total. The van der Waals surface area contributed by atoms with E-state index in [4.69, 9.17) is 11.6 Å². The summed E-state index contributed by atoms with van der Waals surface area (Å²) in [6.45, 7) is 5.14. The Morgan fingerprint density at radius 1 is 1.17 bits per heavy atom. The Balaban J connectivity index is 2.21. The molecule has 0 aliphatic rings. The number of hydrogen-bond acceptors (Lipinski definition) is 3. The van der Waals surface area contributed by atoms with Crippen molar-refractivity contribution in [3.8, 4) is 0 Å². The molecule has 0 aliphatic heterocycles. The number of halogens is 4. The van der Waals surface area contributed by atoms with Crippen molar-refractivity contribution in [3.05, 3.63) is 68.6 Å². The van der Waals surface area contributed by atoms with Crippen LogP contribution in [0, 0.1) is 13.8 Å². The fourth-order valence-corrected chi connectivity index (χ4v) is 3.32. The Morgan fingerprint density at radius 3 is 2.33 bits per heavy atom. The lowest BCUT2D eigenvalue weighted by Crippen LogP contribution is -2.37. The minimum Gasteiger partial charge on any atom is -0.324 e. The van der Waals surface area contributed by atoms with Crippen LogP contribution in [-0.4, -0.2) is 15.5 Å². The second-order valence-electron chi connectivity index (χ2n) is 6.98. The predicted octanol–water partition coefficient (Wildman–Crippen LogP) is 5.28.